The van der Waals surface area contributed by atoms with Crippen molar-refractivity contribution in [3.05, 3.63) is 24.0 Å². The van der Waals surface area contributed by atoms with Gasteiger partial charge in [0, 0.05) is 39.6 Å². The summed E-state index contributed by atoms with van der Waals surface area (Å²) in [7, 11) is 6.18. The molecule has 0 N–H and O–H groups in total. The van der Waals surface area contributed by atoms with Gasteiger partial charge in [-0.2, -0.15) is 0 Å². The van der Waals surface area contributed by atoms with Crippen LogP contribution in [0.3, 0.4) is 0 Å². The minimum atomic E-state index is 1.02. The summed E-state index contributed by atoms with van der Waals surface area (Å²) in [5.74, 6) is 0. The van der Waals surface area contributed by atoms with Crippen LogP contribution in [0.25, 0.3) is 0 Å². The number of hydrogen-bond donors (Lipinski definition) is 0. The van der Waals surface area contributed by atoms with Crippen molar-refractivity contribution in [3.63, 3.8) is 0 Å². The molecule has 1 aliphatic rings. The number of rotatable bonds is 1. The van der Waals surface area contributed by atoms with Crippen molar-refractivity contribution in [1.29, 1.82) is 0 Å². The fourth-order valence-corrected chi connectivity index (χ4v) is 0.902. The highest BCUT2D eigenvalue weighted by Gasteiger charge is 2.00. The Labute approximate surface area is 62.4 Å². The van der Waals surface area contributed by atoms with E-state index in [4.69, 9.17) is 0 Å². The van der Waals surface area contributed by atoms with Gasteiger partial charge in [0.2, 0.25) is 0 Å². The first-order valence-corrected chi connectivity index (χ1v) is 3.46. The molecule has 1 heterocycles. The largest absolute Gasteiger partial charge is 0.378 e. The Morgan fingerprint density at radius 1 is 1.50 bits per heavy atom. The number of nitrogens with zero attached hydrogens (tertiary/aromatic N) is 2. The summed E-state index contributed by atoms with van der Waals surface area (Å²) >= 11 is 0. The minimum absolute atomic E-state index is 1.02. The van der Waals surface area contributed by atoms with E-state index in [1.807, 2.05) is 0 Å². The molecule has 56 valence electrons. The highest BCUT2D eigenvalue weighted by atomic mass is 15.1. The van der Waals surface area contributed by atoms with E-state index in [9.17, 15) is 0 Å². The van der Waals surface area contributed by atoms with Gasteiger partial charge < -0.3 is 9.80 Å². The molecule has 0 saturated carbocycles. The summed E-state index contributed by atoms with van der Waals surface area (Å²) in [5.41, 5.74) is 1.29. The Balaban J connectivity index is 2.59. The lowest BCUT2D eigenvalue weighted by Gasteiger charge is -2.21. The highest BCUT2D eigenvalue weighted by molar-refractivity contribution is 5.20. The normalized spacial score (nSPS) is 17.1. The Kier molecular flexibility index (Phi) is 2.00. The first kappa shape index (κ1) is 7.19. The number of hydrogen-bond acceptors (Lipinski definition) is 2. The van der Waals surface area contributed by atoms with E-state index in [1.54, 1.807) is 0 Å². The lowest BCUT2D eigenvalue weighted by Crippen LogP contribution is -2.19. The standard InChI is InChI=1S/C8H14N2/c1-9(2)8-4-6-10(3)7-5-8/h4-6H,7H2,1-3H3. The molecule has 0 fully saturated rings. The van der Waals surface area contributed by atoms with Crippen molar-refractivity contribution < 1.29 is 0 Å². The fraction of sp³-hybridized carbons (Fsp3) is 0.500. The van der Waals surface area contributed by atoms with Gasteiger partial charge in [-0.25, -0.2) is 0 Å². The van der Waals surface area contributed by atoms with Gasteiger partial charge in [-0.15, -0.1) is 0 Å². The van der Waals surface area contributed by atoms with Gasteiger partial charge in [-0.05, 0) is 12.2 Å². The summed E-state index contributed by atoms with van der Waals surface area (Å²) in [6, 6.07) is 0. The molecule has 0 bridgehead atoms. The molecule has 0 amide bonds. The predicted octanol–water partition coefficient (Wildman–Crippen LogP) is 0.891. The van der Waals surface area contributed by atoms with Gasteiger partial charge >= 0.3 is 0 Å². The van der Waals surface area contributed by atoms with Crippen LogP contribution in [0.2, 0.25) is 0 Å². The van der Waals surface area contributed by atoms with E-state index in [0.717, 1.165) is 6.54 Å². The van der Waals surface area contributed by atoms with Gasteiger partial charge in [0.25, 0.3) is 0 Å². The van der Waals surface area contributed by atoms with Crippen LogP contribution in [0.4, 0.5) is 0 Å². The third kappa shape index (κ3) is 1.53. The SMILES string of the molecule is CN1C=CC(N(C)C)=CC1. The predicted molar refractivity (Wildman–Crippen MR) is 43.5 cm³/mol. The molecule has 0 aliphatic carbocycles. The number of allylic oxidation sites excluding steroid dienone is 1. The fourth-order valence-electron chi connectivity index (χ4n) is 0.902. The zero-order valence-electron chi connectivity index (χ0n) is 6.83. The molecular weight excluding hydrogens is 124 g/mol. The summed E-state index contributed by atoms with van der Waals surface area (Å²) in [6.07, 6.45) is 6.42. The van der Waals surface area contributed by atoms with Gasteiger partial charge in [-0.3, -0.25) is 0 Å². The van der Waals surface area contributed by atoms with Crippen molar-refractivity contribution >= 4 is 0 Å². The van der Waals surface area contributed by atoms with Gasteiger partial charge in [0.15, 0.2) is 0 Å². The third-order valence-corrected chi connectivity index (χ3v) is 1.60. The Bertz CT molecular complexity index is 168. The molecule has 1 rings (SSSR count). The first-order chi connectivity index (χ1) is 4.70. The molecule has 2 heteroatoms. The molecule has 0 aromatic rings. The summed E-state index contributed by atoms with van der Waals surface area (Å²) in [6.45, 7) is 1.02. The maximum Gasteiger partial charge on any atom is 0.0373 e. The summed E-state index contributed by atoms with van der Waals surface area (Å²) < 4.78 is 0. The quantitative estimate of drug-likeness (QED) is 0.531. The van der Waals surface area contributed by atoms with Crippen molar-refractivity contribution in [2.45, 2.75) is 0 Å². The second kappa shape index (κ2) is 2.78. The molecule has 0 radical (unpaired) electrons. The van der Waals surface area contributed by atoms with Gasteiger partial charge in [0.1, 0.15) is 0 Å². The van der Waals surface area contributed by atoms with Crippen molar-refractivity contribution in [2.24, 2.45) is 0 Å². The average molecular weight is 138 g/mol. The van der Waals surface area contributed by atoms with Crippen molar-refractivity contribution in [2.75, 3.05) is 27.7 Å². The highest BCUT2D eigenvalue weighted by Crippen LogP contribution is 2.06. The molecule has 0 unspecified atom stereocenters. The molecule has 0 atom stereocenters. The van der Waals surface area contributed by atoms with E-state index in [0.29, 0.717) is 0 Å². The molecule has 0 aromatic heterocycles. The maximum absolute atomic E-state index is 2.21. The Morgan fingerprint density at radius 2 is 2.20 bits per heavy atom. The molecule has 2 nitrogen and oxygen atoms in total. The van der Waals surface area contributed by atoms with E-state index >= 15 is 0 Å². The van der Waals surface area contributed by atoms with Crippen LogP contribution in [0.5, 0.6) is 0 Å². The Hall–Kier alpha value is -0.920. The van der Waals surface area contributed by atoms with Crippen LogP contribution in [-0.2, 0) is 0 Å². The topological polar surface area (TPSA) is 6.48 Å². The van der Waals surface area contributed by atoms with Crippen molar-refractivity contribution in [3.8, 4) is 0 Å². The van der Waals surface area contributed by atoms with Crippen LogP contribution in [0.1, 0.15) is 0 Å². The summed E-state index contributed by atoms with van der Waals surface area (Å²) in [5, 5.41) is 0. The zero-order valence-corrected chi connectivity index (χ0v) is 6.83. The lowest BCUT2D eigenvalue weighted by molar-refractivity contribution is 0.467. The van der Waals surface area contributed by atoms with Gasteiger partial charge in [0.05, 0.1) is 0 Å². The third-order valence-electron chi connectivity index (χ3n) is 1.60. The Morgan fingerprint density at radius 3 is 2.60 bits per heavy atom. The average Bonchev–Trinajstić information content (AvgIpc) is 1.88. The molecule has 0 aromatic carbocycles. The molecular formula is C8H14N2. The van der Waals surface area contributed by atoms with Crippen molar-refractivity contribution in [1.82, 2.24) is 9.80 Å². The molecule has 0 saturated heterocycles. The van der Waals surface area contributed by atoms with Crippen LogP contribution < -0.4 is 0 Å². The lowest BCUT2D eigenvalue weighted by atomic mass is 10.3. The zero-order chi connectivity index (χ0) is 7.56. The molecule has 10 heavy (non-hydrogen) atoms. The second-order valence-corrected chi connectivity index (χ2v) is 2.78. The van der Waals surface area contributed by atoms with Crippen LogP contribution in [0.15, 0.2) is 24.0 Å². The molecule has 1 aliphatic heterocycles. The minimum Gasteiger partial charge on any atom is -0.378 e. The van der Waals surface area contributed by atoms with Crippen LogP contribution in [-0.4, -0.2) is 37.5 Å². The van der Waals surface area contributed by atoms with E-state index in [2.05, 4.69) is 49.3 Å². The van der Waals surface area contributed by atoms with E-state index in [-0.39, 0.29) is 0 Å². The second-order valence-electron chi connectivity index (χ2n) is 2.78. The van der Waals surface area contributed by atoms with E-state index < -0.39 is 0 Å². The summed E-state index contributed by atoms with van der Waals surface area (Å²) in [4.78, 5) is 4.26. The molecule has 0 spiro atoms. The van der Waals surface area contributed by atoms with Crippen LogP contribution in [0, 0.1) is 0 Å². The van der Waals surface area contributed by atoms with E-state index in [1.165, 1.54) is 5.70 Å². The first-order valence-electron chi connectivity index (χ1n) is 3.46. The maximum atomic E-state index is 2.21. The monoisotopic (exact) mass is 138 g/mol. The number of likely N-dealkylation sites (N-methyl/N-ethyl adjacent to an activating group) is 2. The smallest absolute Gasteiger partial charge is 0.0373 e. The van der Waals surface area contributed by atoms with Crippen LogP contribution >= 0.6 is 0 Å². The van der Waals surface area contributed by atoms with Gasteiger partial charge in [-0.1, -0.05) is 0 Å².